The van der Waals surface area contributed by atoms with Crippen LogP contribution in [0.3, 0.4) is 0 Å². The number of methoxy groups -OCH3 is 1. The molecule has 190 valence electrons. The van der Waals surface area contributed by atoms with Crippen LogP contribution in [-0.2, 0) is 4.74 Å². The minimum atomic E-state index is -0.581. The molecule has 5 rings (SSSR count). The Morgan fingerprint density at radius 1 is 1.03 bits per heavy atom. The summed E-state index contributed by atoms with van der Waals surface area (Å²) in [5.74, 6) is 1.40. The molecule has 8 heteroatoms. The van der Waals surface area contributed by atoms with Crippen molar-refractivity contribution in [2.45, 2.75) is 19.9 Å². The Kier molecular flexibility index (Phi) is 6.98. The summed E-state index contributed by atoms with van der Waals surface area (Å²) in [5.41, 5.74) is 1.38. The van der Waals surface area contributed by atoms with Crippen molar-refractivity contribution in [1.82, 2.24) is 9.80 Å². The summed E-state index contributed by atoms with van der Waals surface area (Å²) in [5, 5.41) is 0.466. The van der Waals surface area contributed by atoms with Crippen LogP contribution in [0, 0.1) is 5.92 Å². The fourth-order valence-corrected chi connectivity index (χ4v) is 4.85. The van der Waals surface area contributed by atoms with Crippen molar-refractivity contribution in [3.63, 3.8) is 0 Å². The zero-order chi connectivity index (χ0) is 25.2. The summed E-state index contributed by atoms with van der Waals surface area (Å²) in [6.07, 6.45) is 0. The highest BCUT2D eigenvalue weighted by Gasteiger charge is 2.43. The lowest BCUT2D eigenvalue weighted by Crippen LogP contribution is -2.42. The average Bonchev–Trinajstić information content (AvgIpc) is 3.18. The molecule has 3 heterocycles. The van der Waals surface area contributed by atoms with E-state index in [4.69, 9.17) is 18.6 Å². The summed E-state index contributed by atoms with van der Waals surface area (Å²) < 4.78 is 23.1. The maximum atomic E-state index is 13.7. The van der Waals surface area contributed by atoms with Gasteiger partial charge in [-0.15, -0.1) is 0 Å². The van der Waals surface area contributed by atoms with Gasteiger partial charge in [-0.3, -0.25) is 14.5 Å². The molecular formula is C28H32N2O6. The Morgan fingerprint density at radius 3 is 2.56 bits per heavy atom. The number of para-hydroxylation sites is 1. The van der Waals surface area contributed by atoms with Gasteiger partial charge in [0.25, 0.3) is 5.91 Å². The number of hydrogen-bond donors (Lipinski definition) is 0. The van der Waals surface area contributed by atoms with Gasteiger partial charge in [0.1, 0.15) is 5.58 Å². The van der Waals surface area contributed by atoms with Gasteiger partial charge in [0.15, 0.2) is 16.9 Å². The number of amides is 1. The van der Waals surface area contributed by atoms with E-state index in [1.54, 1.807) is 36.3 Å². The van der Waals surface area contributed by atoms with Crippen molar-refractivity contribution in [2.24, 2.45) is 5.92 Å². The molecule has 0 bridgehead atoms. The minimum absolute atomic E-state index is 0.116. The van der Waals surface area contributed by atoms with E-state index in [-0.39, 0.29) is 17.1 Å². The van der Waals surface area contributed by atoms with Gasteiger partial charge in [-0.1, -0.05) is 32.0 Å². The van der Waals surface area contributed by atoms with Gasteiger partial charge >= 0.3 is 0 Å². The minimum Gasteiger partial charge on any atom is -0.493 e. The van der Waals surface area contributed by atoms with Crippen LogP contribution in [0.4, 0.5) is 0 Å². The Labute approximate surface area is 210 Å². The molecule has 1 saturated heterocycles. The van der Waals surface area contributed by atoms with Crippen LogP contribution in [0.5, 0.6) is 11.5 Å². The lowest BCUT2D eigenvalue weighted by atomic mass is 9.98. The summed E-state index contributed by atoms with van der Waals surface area (Å²) in [4.78, 5) is 31.3. The molecule has 0 radical (unpaired) electrons. The smallest absolute Gasteiger partial charge is 0.290 e. The zero-order valence-electron chi connectivity index (χ0n) is 21.0. The van der Waals surface area contributed by atoms with Crippen molar-refractivity contribution < 1.29 is 23.4 Å². The van der Waals surface area contributed by atoms with E-state index in [9.17, 15) is 9.59 Å². The summed E-state index contributed by atoms with van der Waals surface area (Å²) in [6, 6.07) is 12.1. The molecule has 0 spiro atoms. The number of nitrogens with zero attached hydrogens (tertiary/aromatic N) is 2. The first-order valence-corrected chi connectivity index (χ1v) is 12.5. The van der Waals surface area contributed by atoms with Crippen molar-refractivity contribution >= 4 is 16.9 Å². The third-order valence-electron chi connectivity index (χ3n) is 6.71. The van der Waals surface area contributed by atoms with Gasteiger partial charge < -0.3 is 23.5 Å². The van der Waals surface area contributed by atoms with Crippen LogP contribution in [0.25, 0.3) is 11.0 Å². The molecule has 1 amide bonds. The molecular weight excluding hydrogens is 460 g/mol. The molecule has 0 saturated carbocycles. The SMILES string of the molecule is COc1cc(C2c3c(oc4ccccc4c3=O)C(=O)N2CCN2CCOCC2)ccc1OCC(C)C. The molecule has 8 nitrogen and oxygen atoms in total. The largest absolute Gasteiger partial charge is 0.493 e. The number of benzene rings is 2. The molecule has 3 aromatic rings. The third kappa shape index (κ3) is 4.58. The van der Waals surface area contributed by atoms with Gasteiger partial charge in [0.2, 0.25) is 5.76 Å². The maximum absolute atomic E-state index is 13.7. The van der Waals surface area contributed by atoms with Crippen LogP contribution in [-0.4, -0.2) is 68.8 Å². The molecule has 1 unspecified atom stereocenters. The lowest BCUT2D eigenvalue weighted by Gasteiger charge is -2.31. The van der Waals surface area contributed by atoms with E-state index in [2.05, 4.69) is 18.7 Å². The number of rotatable bonds is 8. The first-order chi connectivity index (χ1) is 17.5. The highest BCUT2D eigenvalue weighted by molar-refractivity contribution is 5.99. The molecule has 1 fully saturated rings. The molecule has 0 N–H and O–H groups in total. The molecule has 0 aliphatic carbocycles. The molecule has 36 heavy (non-hydrogen) atoms. The number of carbonyl (C=O) groups is 1. The molecule has 1 aromatic heterocycles. The zero-order valence-corrected chi connectivity index (χ0v) is 21.0. The Morgan fingerprint density at radius 2 is 1.81 bits per heavy atom. The summed E-state index contributed by atoms with van der Waals surface area (Å²) in [7, 11) is 1.59. The van der Waals surface area contributed by atoms with Gasteiger partial charge in [-0.25, -0.2) is 0 Å². The quantitative estimate of drug-likeness (QED) is 0.474. The second-order valence-electron chi connectivity index (χ2n) is 9.64. The fourth-order valence-electron chi connectivity index (χ4n) is 4.85. The second kappa shape index (κ2) is 10.3. The summed E-state index contributed by atoms with van der Waals surface area (Å²) in [6.45, 7) is 8.85. The topological polar surface area (TPSA) is 81.5 Å². The van der Waals surface area contributed by atoms with Crippen LogP contribution >= 0.6 is 0 Å². The first kappa shape index (κ1) is 24.3. The van der Waals surface area contributed by atoms with Gasteiger partial charge in [-0.05, 0) is 35.7 Å². The monoisotopic (exact) mass is 492 g/mol. The molecule has 2 aromatic carbocycles. The number of fused-ring (bicyclic) bond motifs is 2. The van der Waals surface area contributed by atoms with Gasteiger partial charge in [0, 0.05) is 26.2 Å². The average molecular weight is 493 g/mol. The number of hydrogen-bond acceptors (Lipinski definition) is 7. The van der Waals surface area contributed by atoms with Crippen LogP contribution < -0.4 is 14.9 Å². The lowest BCUT2D eigenvalue weighted by molar-refractivity contribution is 0.0314. The van der Waals surface area contributed by atoms with Crippen molar-refractivity contribution in [3.05, 3.63) is 69.6 Å². The second-order valence-corrected chi connectivity index (χ2v) is 9.64. The van der Waals surface area contributed by atoms with E-state index in [1.165, 1.54) is 0 Å². The van der Waals surface area contributed by atoms with Crippen LogP contribution in [0.1, 0.15) is 41.6 Å². The molecule has 2 aliphatic heterocycles. The van der Waals surface area contributed by atoms with Crippen LogP contribution in [0.15, 0.2) is 51.7 Å². The fraction of sp³-hybridized carbons (Fsp3) is 0.429. The third-order valence-corrected chi connectivity index (χ3v) is 6.71. The molecule has 2 aliphatic rings. The number of carbonyl (C=O) groups excluding carboxylic acids is 1. The number of ether oxygens (including phenoxy) is 3. The highest BCUT2D eigenvalue weighted by atomic mass is 16.5. The van der Waals surface area contributed by atoms with E-state index in [0.717, 1.165) is 18.7 Å². The normalized spacial score (nSPS) is 18.2. The predicted octanol–water partition coefficient (Wildman–Crippen LogP) is 3.71. The Hall–Kier alpha value is -3.36. The van der Waals surface area contributed by atoms with Crippen LogP contribution in [0.2, 0.25) is 0 Å². The molecule has 1 atom stereocenters. The summed E-state index contributed by atoms with van der Waals surface area (Å²) >= 11 is 0. The van der Waals surface area contributed by atoms with Gasteiger partial charge in [-0.2, -0.15) is 0 Å². The maximum Gasteiger partial charge on any atom is 0.290 e. The van der Waals surface area contributed by atoms with Crippen molar-refractivity contribution in [2.75, 3.05) is 53.1 Å². The first-order valence-electron chi connectivity index (χ1n) is 12.5. The van der Waals surface area contributed by atoms with E-state index in [0.29, 0.717) is 66.9 Å². The Balaban J connectivity index is 1.57. The number of morpholine rings is 1. The van der Waals surface area contributed by atoms with Crippen molar-refractivity contribution in [3.8, 4) is 11.5 Å². The van der Waals surface area contributed by atoms with Gasteiger partial charge in [0.05, 0.1) is 43.9 Å². The standard InChI is InChI=1S/C28H32N2O6/c1-18(2)17-35-22-9-8-19(16-23(22)33-3)25-24-26(31)20-6-4-5-7-21(20)36-27(24)28(32)30(25)11-10-29-12-14-34-15-13-29/h4-9,16,18,25H,10-15,17H2,1-3H3. The van der Waals surface area contributed by atoms with E-state index < -0.39 is 6.04 Å². The Bertz CT molecular complexity index is 1310. The predicted molar refractivity (Wildman–Crippen MR) is 136 cm³/mol. The van der Waals surface area contributed by atoms with Crippen molar-refractivity contribution in [1.29, 1.82) is 0 Å². The highest BCUT2D eigenvalue weighted by Crippen LogP contribution is 2.41. The van der Waals surface area contributed by atoms with E-state index in [1.807, 2.05) is 18.2 Å². The van der Waals surface area contributed by atoms with E-state index >= 15 is 0 Å².